The topological polar surface area (TPSA) is 54.2 Å². The second kappa shape index (κ2) is 8.87. The summed E-state index contributed by atoms with van der Waals surface area (Å²) in [6.45, 7) is 3.98. The van der Waals surface area contributed by atoms with Crippen LogP contribution in [0, 0.1) is 0 Å². The second-order valence-electron chi connectivity index (χ2n) is 5.16. The Hall–Kier alpha value is -2.30. The fourth-order valence-electron chi connectivity index (χ4n) is 2.14. The lowest BCUT2D eigenvalue weighted by atomic mass is 10.2. The zero-order chi connectivity index (χ0) is 15.6. The lowest BCUT2D eigenvalue weighted by molar-refractivity contribution is 0.726. The van der Waals surface area contributed by atoms with Gasteiger partial charge in [0.25, 0.3) is 0 Å². The smallest absolute Gasteiger partial charge is 0.190 e. The first-order chi connectivity index (χ1) is 10.8. The standard InChI is InChI=1S/C17H25N5/c1-3-4-11-19-17(18-2)20-12-10-15-13-21-22(14-15)16-8-6-5-7-9-16/h5-9,13-14H,3-4,10-12H2,1-2H3,(H2,18,19,20). The van der Waals surface area contributed by atoms with Gasteiger partial charge in [-0.15, -0.1) is 0 Å². The summed E-state index contributed by atoms with van der Waals surface area (Å²) in [4.78, 5) is 4.22. The third kappa shape index (κ3) is 4.91. The predicted octanol–water partition coefficient (Wildman–Crippen LogP) is 2.38. The maximum atomic E-state index is 4.41. The molecule has 0 amide bonds. The van der Waals surface area contributed by atoms with Gasteiger partial charge >= 0.3 is 0 Å². The second-order valence-corrected chi connectivity index (χ2v) is 5.16. The van der Waals surface area contributed by atoms with Crippen molar-refractivity contribution in [2.24, 2.45) is 4.99 Å². The summed E-state index contributed by atoms with van der Waals surface area (Å²) in [5, 5.41) is 11.0. The molecule has 0 spiro atoms. The van der Waals surface area contributed by atoms with Gasteiger partial charge in [0.2, 0.25) is 0 Å². The van der Waals surface area contributed by atoms with Gasteiger partial charge in [-0.3, -0.25) is 4.99 Å². The Morgan fingerprint density at radius 3 is 2.68 bits per heavy atom. The molecule has 2 N–H and O–H groups in total. The number of benzene rings is 1. The first kappa shape index (κ1) is 16.1. The molecular weight excluding hydrogens is 274 g/mol. The van der Waals surface area contributed by atoms with Crippen molar-refractivity contribution in [3.8, 4) is 5.69 Å². The predicted molar refractivity (Wildman–Crippen MR) is 91.5 cm³/mol. The van der Waals surface area contributed by atoms with Gasteiger partial charge in [0.15, 0.2) is 5.96 Å². The van der Waals surface area contributed by atoms with Crippen molar-refractivity contribution in [1.29, 1.82) is 0 Å². The van der Waals surface area contributed by atoms with Crippen LogP contribution in [0.2, 0.25) is 0 Å². The minimum Gasteiger partial charge on any atom is -0.356 e. The van der Waals surface area contributed by atoms with E-state index in [0.717, 1.165) is 37.6 Å². The molecule has 5 nitrogen and oxygen atoms in total. The van der Waals surface area contributed by atoms with Gasteiger partial charge in [-0.2, -0.15) is 5.10 Å². The van der Waals surface area contributed by atoms with E-state index in [2.05, 4.69) is 46.0 Å². The molecule has 5 heteroatoms. The first-order valence-electron chi connectivity index (χ1n) is 7.87. The summed E-state index contributed by atoms with van der Waals surface area (Å²) in [5.74, 6) is 0.865. The zero-order valence-electron chi connectivity index (χ0n) is 13.4. The molecule has 0 bridgehead atoms. The van der Waals surface area contributed by atoms with E-state index in [-0.39, 0.29) is 0 Å². The lowest BCUT2D eigenvalue weighted by Gasteiger charge is -2.10. The third-order valence-electron chi connectivity index (χ3n) is 3.41. The molecule has 118 valence electrons. The number of aromatic nitrogens is 2. The van der Waals surface area contributed by atoms with Crippen LogP contribution in [0.25, 0.3) is 5.69 Å². The number of hydrogen-bond acceptors (Lipinski definition) is 2. The first-order valence-corrected chi connectivity index (χ1v) is 7.87. The summed E-state index contributed by atoms with van der Waals surface area (Å²) < 4.78 is 1.91. The molecule has 1 heterocycles. The number of hydrogen-bond donors (Lipinski definition) is 2. The van der Waals surface area contributed by atoms with Gasteiger partial charge in [-0.1, -0.05) is 31.5 Å². The normalized spacial score (nSPS) is 11.5. The van der Waals surface area contributed by atoms with Gasteiger partial charge in [-0.25, -0.2) is 4.68 Å². The molecule has 0 aliphatic rings. The fraction of sp³-hybridized carbons (Fsp3) is 0.412. The summed E-state index contributed by atoms with van der Waals surface area (Å²) in [7, 11) is 1.80. The summed E-state index contributed by atoms with van der Waals surface area (Å²) in [5.41, 5.74) is 2.29. The molecule has 0 radical (unpaired) electrons. The SMILES string of the molecule is CCCCNC(=NC)NCCc1cnn(-c2ccccc2)c1. The fourth-order valence-corrected chi connectivity index (χ4v) is 2.14. The van der Waals surface area contributed by atoms with Gasteiger partial charge in [-0.05, 0) is 30.5 Å². The Labute approximate surface area is 132 Å². The molecule has 1 aromatic carbocycles. The number of guanidine groups is 1. The average Bonchev–Trinajstić information content (AvgIpc) is 3.03. The van der Waals surface area contributed by atoms with E-state index in [1.807, 2.05) is 29.1 Å². The molecule has 2 rings (SSSR count). The van der Waals surface area contributed by atoms with E-state index in [1.54, 1.807) is 7.05 Å². The van der Waals surface area contributed by atoms with Crippen molar-refractivity contribution >= 4 is 5.96 Å². The van der Waals surface area contributed by atoms with Gasteiger partial charge in [0.05, 0.1) is 11.9 Å². The van der Waals surface area contributed by atoms with Crippen LogP contribution in [0.3, 0.4) is 0 Å². The Balaban J connectivity index is 1.79. The van der Waals surface area contributed by atoms with Gasteiger partial charge in [0.1, 0.15) is 0 Å². The number of para-hydroxylation sites is 1. The Morgan fingerprint density at radius 1 is 1.18 bits per heavy atom. The van der Waals surface area contributed by atoms with Crippen molar-refractivity contribution in [3.05, 3.63) is 48.3 Å². The van der Waals surface area contributed by atoms with Crippen molar-refractivity contribution < 1.29 is 0 Å². The Kier molecular flexibility index (Phi) is 6.48. The average molecular weight is 299 g/mol. The molecule has 2 aromatic rings. The Bertz CT molecular complexity index is 574. The minimum atomic E-state index is 0.840. The van der Waals surface area contributed by atoms with Crippen LogP contribution in [-0.4, -0.2) is 35.9 Å². The zero-order valence-corrected chi connectivity index (χ0v) is 13.4. The van der Waals surface area contributed by atoms with E-state index < -0.39 is 0 Å². The van der Waals surface area contributed by atoms with Crippen LogP contribution in [-0.2, 0) is 6.42 Å². The maximum absolute atomic E-state index is 4.41. The lowest BCUT2D eigenvalue weighted by Crippen LogP contribution is -2.38. The van der Waals surface area contributed by atoms with E-state index in [4.69, 9.17) is 0 Å². The Morgan fingerprint density at radius 2 is 1.95 bits per heavy atom. The molecule has 0 aliphatic heterocycles. The quantitative estimate of drug-likeness (QED) is 0.469. The van der Waals surface area contributed by atoms with E-state index >= 15 is 0 Å². The number of unbranched alkanes of at least 4 members (excludes halogenated alkanes) is 1. The van der Waals surface area contributed by atoms with Crippen molar-refractivity contribution in [2.45, 2.75) is 26.2 Å². The monoisotopic (exact) mass is 299 g/mol. The summed E-state index contributed by atoms with van der Waals surface area (Å²) in [6.07, 6.45) is 7.25. The molecule has 0 fully saturated rings. The molecule has 0 aliphatic carbocycles. The highest BCUT2D eigenvalue weighted by molar-refractivity contribution is 5.79. The van der Waals surface area contributed by atoms with Gasteiger partial charge < -0.3 is 10.6 Å². The number of rotatable bonds is 7. The molecule has 0 saturated heterocycles. The van der Waals surface area contributed by atoms with Crippen molar-refractivity contribution in [3.63, 3.8) is 0 Å². The van der Waals surface area contributed by atoms with Gasteiger partial charge in [0, 0.05) is 26.3 Å². The molecule has 22 heavy (non-hydrogen) atoms. The van der Waals surface area contributed by atoms with Crippen molar-refractivity contribution in [1.82, 2.24) is 20.4 Å². The molecule has 0 atom stereocenters. The molecule has 0 saturated carbocycles. The molecule has 0 unspecified atom stereocenters. The van der Waals surface area contributed by atoms with Crippen LogP contribution >= 0.6 is 0 Å². The summed E-state index contributed by atoms with van der Waals surface area (Å²) in [6, 6.07) is 10.1. The number of nitrogens with zero attached hydrogens (tertiary/aromatic N) is 3. The van der Waals surface area contributed by atoms with E-state index in [1.165, 1.54) is 12.0 Å². The highest BCUT2D eigenvalue weighted by atomic mass is 15.3. The largest absolute Gasteiger partial charge is 0.356 e. The number of nitrogens with one attached hydrogen (secondary N) is 2. The van der Waals surface area contributed by atoms with Crippen LogP contribution in [0.4, 0.5) is 0 Å². The van der Waals surface area contributed by atoms with E-state index in [9.17, 15) is 0 Å². The van der Waals surface area contributed by atoms with Crippen molar-refractivity contribution in [2.75, 3.05) is 20.1 Å². The maximum Gasteiger partial charge on any atom is 0.190 e. The highest BCUT2D eigenvalue weighted by Gasteiger charge is 2.01. The van der Waals surface area contributed by atoms with Crippen LogP contribution in [0.1, 0.15) is 25.3 Å². The number of aliphatic imine (C=N–C) groups is 1. The molecular formula is C17H25N5. The van der Waals surface area contributed by atoms with Crippen LogP contribution < -0.4 is 10.6 Å². The van der Waals surface area contributed by atoms with Crippen LogP contribution in [0.5, 0.6) is 0 Å². The minimum absolute atomic E-state index is 0.840. The van der Waals surface area contributed by atoms with Crippen LogP contribution in [0.15, 0.2) is 47.7 Å². The van der Waals surface area contributed by atoms with E-state index in [0.29, 0.717) is 0 Å². The highest BCUT2D eigenvalue weighted by Crippen LogP contribution is 2.07. The molecule has 1 aromatic heterocycles. The summed E-state index contributed by atoms with van der Waals surface area (Å²) >= 11 is 0. The third-order valence-corrected chi connectivity index (χ3v) is 3.41.